The zero-order valence-electron chi connectivity index (χ0n) is 14.7. The van der Waals surface area contributed by atoms with Crippen LogP contribution in [0.3, 0.4) is 0 Å². The molecular weight excluding hydrogens is 324 g/mol. The highest BCUT2D eigenvalue weighted by molar-refractivity contribution is 6.04. The zero-order valence-corrected chi connectivity index (χ0v) is 14.7. The lowest BCUT2D eigenvalue weighted by molar-refractivity contribution is 0.102. The summed E-state index contributed by atoms with van der Waals surface area (Å²) in [6, 6.07) is 22.8. The quantitative estimate of drug-likeness (QED) is 0.622. The van der Waals surface area contributed by atoms with Gasteiger partial charge in [-0.2, -0.15) is 0 Å². The Morgan fingerprint density at radius 3 is 2.31 bits per heavy atom. The fraction of sp³-hybridized carbons (Fsp3) is 0.136. The topological polar surface area (TPSA) is 61.4 Å². The maximum Gasteiger partial charge on any atom is 0.255 e. The Morgan fingerprint density at radius 1 is 0.923 bits per heavy atom. The molecular formula is C22H22N2O2. The molecule has 0 spiro atoms. The van der Waals surface area contributed by atoms with E-state index in [1.165, 1.54) is 0 Å². The lowest BCUT2D eigenvalue weighted by atomic mass is 10.1. The van der Waals surface area contributed by atoms with Crippen LogP contribution in [0.25, 0.3) is 0 Å². The fourth-order valence-electron chi connectivity index (χ4n) is 2.64. The number of aliphatic hydroxyl groups excluding tert-OH is 1. The summed E-state index contributed by atoms with van der Waals surface area (Å²) >= 11 is 0. The van der Waals surface area contributed by atoms with E-state index in [-0.39, 0.29) is 12.5 Å². The van der Waals surface area contributed by atoms with Crippen molar-refractivity contribution in [3.05, 3.63) is 95.1 Å². The van der Waals surface area contributed by atoms with Crippen molar-refractivity contribution in [2.24, 2.45) is 0 Å². The summed E-state index contributed by atoms with van der Waals surface area (Å²) in [6.45, 7) is 2.75. The molecule has 3 aromatic rings. The minimum absolute atomic E-state index is 0.0516. The molecule has 0 radical (unpaired) electrons. The zero-order chi connectivity index (χ0) is 18.4. The monoisotopic (exact) mass is 346 g/mol. The van der Waals surface area contributed by atoms with Crippen LogP contribution < -0.4 is 10.6 Å². The van der Waals surface area contributed by atoms with Gasteiger partial charge in [0, 0.05) is 23.5 Å². The van der Waals surface area contributed by atoms with Gasteiger partial charge in [0.2, 0.25) is 0 Å². The highest BCUT2D eigenvalue weighted by Crippen LogP contribution is 2.22. The largest absolute Gasteiger partial charge is 0.392 e. The second-order valence-corrected chi connectivity index (χ2v) is 6.18. The first-order valence-electron chi connectivity index (χ1n) is 8.55. The number of hydrogen-bond acceptors (Lipinski definition) is 3. The van der Waals surface area contributed by atoms with Gasteiger partial charge < -0.3 is 15.7 Å². The van der Waals surface area contributed by atoms with E-state index in [1.54, 1.807) is 12.1 Å². The van der Waals surface area contributed by atoms with Gasteiger partial charge in [-0.05, 0) is 47.9 Å². The maximum absolute atomic E-state index is 12.3. The summed E-state index contributed by atoms with van der Waals surface area (Å²) in [5, 5.41) is 15.4. The molecule has 4 nitrogen and oxygen atoms in total. The van der Waals surface area contributed by atoms with Gasteiger partial charge in [0.1, 0.15) is 0 Å². The van der Waals surface area contributed by atoms with Crippen molar-refractivity contribution in [3.63, 3.8) is 0 Å². The number of amides is 1. The molecule has 0 heterocycles. The molecule has 3 aromatic carbocycles. The van der Waals surface area contributed by atoms with Gasteiger partial charge in [-0.1, -0.05) is 48.5 Å². The molecule has 0 fully saturated rings. The molecule has 0 saturated carbocycles. The summed E-state index contributed by atoms with van der Waals surface area (Å²) in [6.07, 6.45) is 0. The van der Waals surface area contributed by atoms with Crippen molar-refractivity contribution in [1.82, 2.24) is 0 Å². The fourth-order valence-corrected chi connectivity index (χ4v) is 2.64. The average molecular weight is 346 g/mol. The van der Waals surface area contributed by atoms with E-state index in [0.717, 1.165) is 28.1 Å². The van der Waals surface area contributed by atoms with Crippen molar-refractivity contribution in [2.45, 2.75) is 20.1 Å². The molecule has 26 heavy (non-hydrogen) atoms. The highest BCUT2D eigenvalue weighted by Gasteiger charge is 2.07. The Bertz CT molecular complexity index is 874. The molecule has 3 rings (SSSR count). The second-order valence-electron chi connectivity index (χ2n) is 6.18. The number of benzene rings is 3. The molecule has 3 N–H and O–H groups in total. The third-order valence-electron chi connectivity index (χ3n) is 4.22. The SMILES string of the molecule is Cc1ccc(NC(=O)c2ccccc2)cc1NCc1ccc(CO)cc1. The molecule has 0 unspecified atom stereocenters. The van der Waals surface area contributed by atoms with Crippen LogP contribution in [0.1, 0.15) is 27.0 Å². The van der Waals surface area contributed by atoms with E-state index in [4.69, 9.17) is 5.11 Å². The summed E-state index contributed by atoms with van der Waals surface area (Å²) in [5.74, 6) is -0.125. The molecule has 1 amide bonds. The van der Waals surface area contributed by atoms with Gasteiger partial charge in [0.15, 0.2) is 0 Å². The average Bonchev–Trinajstić information content (AvgIpc) is 2.69. The molecule has 4 heteroatoms. The van der Waals surface area contributed by atoms with Crippen LogP contribution >= 0.6 is 0 Å². The molecule has 0 aliphatic rings. The van der Waals surface area contributed by atoms with E-state index in [2.05, 4.69) is 10.6 Å². The molecule has 0 aliphatic heterocycles. The van der Waals surface area contributed by atoms with Gasteiger partial charge in [-0.15, -0.1) is 0 Å². The Kier molecular flexibility index (Phi) is 5.66. The number of hydrogen-bond donors (Lipinski definition) is 3. The van der Waals surface area contributed by atoms with Crippen LogP contribution in [0, 0.1) is 6.92 Å². The van der Waals surface area contributed by atoms with Crippen LogP contribution in [-0.2, 0) is 13.2 Å². The van der Waals surface area contributed by atoms with Crippen molar-refractivity contribution in [2.75, 3.05) is 10.6 Å². The van der Waals surface area contributed by atoms with E-state index < -0.39 is 0 Å². The van der Waals surface area contributed by atoms with E-state index in [1.807, 2.05) is 67.6 Å². The van der Waals surface area contributed by atoms with Gasteiger partial charge in [-0.3, -0.25) is 4.79 Å². The lowest BCUT2D eigenvalue weighted by Gasteiger charge is -2.13. The van der Waals surface area contributed by atoms with E-state index in [9.17, 15) is 4.79 Å². The predicted molar refractivity (Wildman–Crippen MR) is 105 cm³/mol. The Labute approximate surface area is 153 Å². The minimum atomic E-state index is -0.125. The van der Waals surface area contributed by atoms with Gasteiger partial charge in [0.05, 0.1) is 6.61 Å². The molecule has 0 aliphatic carbocycles. The standard InChI is InChI=1S/C22H22N2O2/c1-16-7-12-20(24-22(26)19-5-3-2-4-6-19)13-21(16)23-14-17-8-10-18(15-25)11-9-17/h2-13,23,25H,14-15H2,1H3,(H,24,26). The normalized spacial score (nSPS) is 10.4. The Hall–Kier alpha value is -3.11. The number of nitrogens with one attached hydrogen (secondary N) is 2. The summed E-state index contributed by atoms with van der Waals surface area (Å²) in [4.78, 5) is 12.3. The van der Waals surface area contributed by atoms with Gasteiger partial charge >= 0.3 is 0 Å². The van der Waals surface area contributed by atoms with Gasteiger partial charge in [0.25, 0.3) is 5.91 Å². The number of anilines is 2. The first-order valence-corrected chi connectivity index (χ1v) is 8.55. The molecule has 0 atom stereocenters. The third-order valence-corrected chi connectivity index (χ3v) is 4.22. The molecule has 0 aromatic heterocycles. The van der Waals surface area contributed by atoms with Crippen LogP contribution in [-0.4, -0.2) is 11.0 Å². The number of carbonyl (C=O) groups excluding carboxylic acids is 1. The molecule has 132 valence electrons. The van der Waals surface area contributed by atoms with Crippen molar-refractivity contribution in [3.8, 4) is 0 Å². The summed E-state index contributed by atoms with van der Waals surface area (Å²) < 4.78 is 0. The van der Waals surface area contributed by atoms with Gasteiger partial charge in [-0.25, -0.2) is 0 Å². The van der Waals surface area contributed by atoms with Crippen molar-refractivity contribution >= 4 is 17.3 Å². The number of carbonyl (C=O) groups is 1. The minimum Gasteiger partial charge on any atom is -0.392 e. The maximum atomic E-state index is 12.3. The van der Waals surface area contributed by atoms with Crippen LogP contribution in [0.4, 0.5) is 11.4 Å². The summed E-state index contributed by atoms with van der Waals surface area (Å²) in [7, 11) is 0. The third kappa shape index (κ3) is 4.49. The predicted octanol–water partition coefficient (Wildman–Crippen LogP) is 4.35. The summed E-state index contributed by atoms with van der Waals surface area (Å²) in [5.41, 5.74) is 5.49. The highest BCUT2D eigenvalue weighted by atomic mass is 16.3. The van der Waals surface area contributed by atoms with E-state index >= 15 is 0 Å². The van der Waals surface area contributed by atoms with Crippen LogP contribution in [0.5, 0.6) is 0 Å². The number of aliphatic hydroxyl groups is 1. The smallest absolute Gasteiger partial charge is 0.255 e. The van der Waals surface area contributed by atoms with E-state index in [0.29, 0.717) is 12.1 Å². The lowest BCUT2D eigenvalue weighted by Crippen LogP contribution is -2.12. The number of aryl methyl sites for hydroxylation is 1. The number of rotatable bonds is 6. The van der Waals surface area contributed by atoms with Crippen LogP contribution in [0.15, 0.2) is 72.8 Å². The first kappa shape index (κ1) is 17.7. The van der Waals surface area contributed by atoms with Crippen molar-refractivity contribution in [1.29, 1.82) is 0 Å². The Balaban J connectivity index is 1.68. The molecule has 0 saturated heterocycles. The first-order chi connectivity index (χ1) is 12.7. The van der Waals surface area contributed by atoms with Crippen molar-refractivity contribution < 1.29 is 9.90 Å². The molecule has 0 bridgehead atoms. The van der Waals surface area contributed by atoms with Crippen LogP contribution in [0.2, 0.25) is 0 Å². The second kappa shape index (κ2) is 8.32. The Morgan fingerprint density at radius 2 is 1.62 bits per heavy atom.